The molecule has 0 amide bonds. The highest BCUT2D eigenvalue weighted by atomic mass is 16.5. The second-order valence-electron chi connectivity index (χ2n) is 3.50. The highest BCUT2D eigenvalue weighted by Crippen LogP contribution is 2.20. The molecule has 1 heterocycles. The van der Waals surface area contributed by atoms with Crippen LogP contribution in [0.3, 0.4) is 0 Å². The molecule has 1 unspecified atom stereocenters. The van der Waals surface area contributed by atoms with Gasteiger partial charge in [0.1, 0.15) is 12.1 Å². The van der Waals surface area contributed by atoms with Crippen LogP contribution in [-0.4, -0.2) is 34.2 Å². The normalized spacial score (nSPS) is 11.9. The van der Waals surface area contributed by atoms with Gasteiger partial charge in [-0.25, -0.2) is 9.97 Å². The second kappa shape index (κ2) is 5.29. The van der Waals surface area contributed by atoms with Gasteiger partial charge in [0.05, 0.1) is 19.1 Å². The number of aromatic nitrogens is 2. The molecule has 1 aromatic heterocycles. The van der Waals surface area contributed by atoms with Gasteiger partial charge in [-0.2, -0.15) is 0 Å². The standard InChI is InChI=1S/C10H15N3O3/c1-6(4-8(14)15)13-9-7(2)10(16-3)12-5-11-9/h5-6H,4H2,1-3H3,(H,14,15)(H,11,12,13). The monoisotopic (exact) mass is 225 g/mol. The molecule has 0 radical (unpaired) electrons. The lowest BCUT2D eigenvalue weighted by Gasteiger charge is -2.14. The Kier molecular flexibility index (Phi) is 4.04. The van der Waals surface area contributed by atoms with E-state index in [1.165, 1.54) is 13.4 Å². The Morgan fingerprint density at radius 1 is 1.62 bits per heavy atom. The van der Waals surface area contributed by atoms with Crippen molar-refractivity contribution in [3.05, 3.63) is 11.9 Å². The van der Waals surface area contributed by atoms with E-state index in [2.05, 4.69) is 15.3 Å². The van der Waals surface area contributed by atoms with Crippen molar-refractivity contribution in [3.63, 3.8) is 0 Å². The van der Waals surface area contributed by atoms with Crippen LogP contribution < -0.4 is 10.1 Å². The molecule has 6 nitrogen and oxygen atoms in total. The number of carboxylic acid groups (broad SMARTS) is 1. The zero-order valence-corrected chi connectivity index (χ0v) is 9.52. The van der Waals surface area contributed by atoms with Crippen molar-refractivity contribution in [2.75, 3.05) is 12.4 Å². The first-order chi connectivity index (χ1) is 7.54. The van der Waals surface area contributed by atoms with Crippen LogP contribution in [0.15, 0.2) is 6.33 Å². The molecule has 1 atom stereocenters. The van der Waals surface area contributed by atoms with E-state index in [9.17, 15) is 4.79 Å². The van der Waals surface area contributed by atoms with Crippen molar-refractivity contribution < 1.29 is 14.6 Å². The SMILES string of the molecule is COc1ncnc(NC(C)CC(=O)O)c1C. The average molecular weight is 225 g/mol. The lowest BCUT2D eigenvalue weighted by Crippen LogP contribution is -2.20. The molecular formula is C10H15N3O3. The van der Waals surface area contributed by atoms with Gasteiger partial charge in [-0.15, -0.1) is 0 Å². The maximum Gasteiger partial charge on any atom is 0.305 e. The first kappa shape index (κ1) is 12.2. The Balaban J connectivity index is 2.77. The summed E-state index contributed by atoms with van der Waals surface area (Å²) in [4.78, 5) is 18.5. The zero-order valence-electron chi connectivity index (χ0n) is 9.52. The summed E-state index contributed by atoms with van der Waals surface area (Å²) in [6.07, 6.45) is 1.41. The summed E-state index contributed by atoms with van der Waals surface area (Å²) in [7, 11) is 1.53. The first-order valence-corrected chi connectivity index (χ1v) is 4.88. The fraction of sp³-hybridized carbons (Fsp3) is 0.500. The molecule has 0 aliphatic rings. The number of carboxylic acids is 1. The molecule has 88 valence electrons. The van der Waals surface area contributed by atoms with Crippen LogP contribution in [-0.2, 0) is 4.79 Å². The van der Waals surface area contributed by atoms with Gasteiger partial charge in [0.25, 0.3) is 0 Å². The number of hydrogen-bond acceptors (Lipinski definition) is 5. The van der Waals surface area contributed by atoms with Gasteiger partial charge >= 0.3 is 5.97 Å². The van der Waals surface area contributed by atoms with Crippen molar-refractivity contribution >= 4 is 11.8 Å². The highest BCUT2D eigenvalue weighted by molar-refractivity contribution is 5.68. The van der Waals surface area contributed by atoms with E-state index in [0.29, 0.717) is 11.7 Å². The number of rotatable bonds is 5. The van der Waals surface area contributed by atoms with E-state index < -0.39 is 5.97 Å². The lowest BCUT2D eigenvalue weighted by atomic mass is 10.2. The highest BCUT2D eigenvalue weighted by Gasteiger charge is 2.12. The molecule has 6 heteroatoms. The van der Waals surface area contributed by atoms with Gasteiger partial charge in [0, 0.05) is 6.04 Å². The third-order valence-electron chi connectivity index (χ3n) is 2.10. The Labute approximate surface area is 93.7 Å². The Hall–Kier alpha value is -1.85. The van der Waals surface area contributed by atoms with Crippen LogP contribution in [0.25, 0.3) is 0 Å². The van der Waals surface area contributed by atoms with Gasteiger partial charge in [0.2, 0.25) is 5.88 Å². The maximum absolute atomic E-state index is 10.5. The Bertz CT molecular complexity index is 382. The molecule has 1 rings (SSSR count). The number of nitrogens with zero attached hydrogens (tertiary/aromatic N) is 2. The number of anilines is 1. The fourth-order valence-electron chi connectivity index (χ4n) is 1.33. The molecule has 0 aliphatic heterocycles. The number of aliphatic carboxylic acids is 1. The predicted molar refractivity (Wildman–Crippen MR) is 58.7 cm³/mol. The summed E-state index contributed by atoms with van der Waals surface area (Å²) in [5, 5.41) is 11.6. The summed E-state index contributed by atoms with van der Waals surface area (Å²) in [5.41, 5.74) is 0.766. The van der Waals surface area contributed by atoms with Gasteiger partial charge in [-0.3, -0.25) is 4.79 Å². The van der Waals surface area contributed by atoms with E-state index >= 15 is 0 Å². The van der Waals surface area contributed by atoms with Crippen LogP contribution in [0.5, 0.6) is 5.88 Å². The molecule has 0 saturated heterocycles. The minimum atomic E-state index is -0.848. The van der Waals surface area contributed by atoms with E-state index in [0.717, 1.165) is 5.56 Å². The summed E-state index contributed by atoms with van der Waals surface area (Å²) in [5.74, 6) is 0.235. The van der Waals surface area contributed by atoms with Crippen LogP contribution in [0.4, 0.5) is 5.82 Å². The lowest BCUT2D eigenvalue weighted by molar-refractivity contribution is -0.137. The number of hydrogen-bond donors (Lipinski definition) is 2. The largest absolute Gasteiger partial charge is 0.481 e. The average Bonchev–Trinajstić information content (AvgIpc) is 2.20. The fourth-order valence-corrected chi connectivity index (χ4v) is 1.33. The first-order valence-electron chi connectivity index (χ1n) is 4.88. The van der Waals surface area contributed by atoms with Gasteiger partial charge < -0.3 is 15.2 Å². The molecule has 0 aromatic carbocycles. The van der Waals surface area contributed by atoms with E-state index in [1.54, 1.807) is 6.92 Å². The molecule has 16 heavy (non-hydrogen) atoms. The number of ether oxygens (including phenoxy) is 1. The van der Waals surface area contributed by atoms with Crippen molar-refractivity contribution in [1.82, 2.24) is 9.97 Å². The van der Waals surface area contributed by atoms with Crippen molar-refractivity contribution in [3.8, 4) is 5.88 Å². The van der Waals surface area contributed by atoms with Gasteiger partial charge in [-0.1, -0.05) is 0 Å². The predicted octanol–water partition coefficient (Wildman–Crippen LogP) is 1.07. The quantitative estimate of drug-likeness (QED) is 0.779. The maximum atomic E-state index is 10.5. The molecule has 0 aliphatic carbocycles. The molecule has 1 aromatic rings. The van der Waals surface area contributed by atoms with E-state index in [4.69, 9.17) is 9.84 Å². The molecular weight excluding hydrogens is 210 g/mol. The van der Waals surface area contributed by atoms with Crippen LogP contribution in [0.1, 0.15) is 18.9 Å². The number of nitrogens with one attached hydrogen (secondary N) is 1. The summed E-state index contributed by atoms with van der Waals surface area (Å²) in [6, 6.07) is -0.198. The van der Waals surface area contributed by atoms with E-state index in [1.807, 2.05) is 6.92 Å². The van der Waals surface area contributed by atoms with Gasteiger partial charge in [0.15, 0.2) is 0 Å². The summed E-state index contributed by atoms with van der Waals surface area (Å²) in [6.45, 7) is 3.59. The Morgan fingerprint density at radius 2 is 2.31 bits per heavy atom. The minimum Gasteiger partial charge on any atom is -0.481 e. The zero-order chi connectivity index (χ0) is 12.1. The summed E-state index contributed by atoms with van der Waals surface area (Å²) >= 11 is 0. The van der Waals surface area contributed by atoms with Crippen molar-refractivity contribution in [1.29, 1.82) is 0 Å². The third kappa shape index (κ3) is 3.08. The number of carbonyl (C=O) groups is 1. The summed E-state index contributed by atoms with van der Waals surface area (Å²) < 4.78 is 5.04. The molecule has 0 saturated carbocycles. The Morgan fingerprint density at radius 3 is 2.88 bits per heavy atom. The van der Waals surface area contributed by atoms with Crippen LogP contribution in [0, 0.1) is 6.92 Å². The smallest absolute Gasteiger partial charge is 0.305 e. The van der Waals surface area contributed by atoms with Crippen molar-refractivity contribution in [2.24, 2.45) is 0 Å². The van der Waals surface area contributed by atoms with Crippen molar-refractivity contribution in [2.45, 2.75) is 26.3 Å². The minimum absolute atomic E-state index is 0.0335. The van der Waals surface area contributed by atoms with Crippen LogP contribution >= 0.6 is 0 Å². The number of methoxy groups -OCH3 is 1. The second-order valence-corrected chi connectivity index (χ2v) is 3.50. The molecule has 0 fully saturated rings. The topological polar surface area (TPSA) is 84.3 Å². The molecule has 0 spiro atoms. The van der Waals surface area contributed by atoms with E-state index in [-0.39, 0.29) is 12.5 Å². The van der Waals surface area contributed by atoms with Crippen LogP contribution in [0.2, 0.25) is 0 Å². The molecule has 0 bridgehead atoms. The third-order valence-corrected chi connectivity index (χ3v) is 2.10. The molecule has 2 N–H and O–H groups in total. The van der Waals surface area contributed by atoms with Gasteiger partial charge in [-0.05, 0) is 13.8 Å².